The van der Waals surface area contributed by atoms with Crippen molar-refractivity contribution in [2.24, 2.45) is 27.2 Å². The summed E-state index contributed by atoms with van der Waals surface area (Å²) < 4.78 is 50.1. The van der Waals surface area contributed by atoms with Crippen LogP contribution < -0.4 is 17.2 Å². The monoisotopic (exact) mass is 263 g/mol. The second-order valence-corrected chi connectivity index (χ2v) is 3.17. The molecule has 0 spiro atoms. The number of hydrogen-bond acceptors (Lipinski definition) is 1. The molecule has 0 saturated carbocycles. The van der Waals surface area contributed by atoms with Gasteiger partial charge in [0, 0.05) is 0 Å². The summed E-state index contributed by atoms with van der Waals surface area (Å²) in [5.74, 6) is -2.23. The summed E-state index contributed by atoms with van der Waals surface area (Å²) in [6.07, 6.45) is -4.82. The van der Waals surface area contributed by atoms with Crippen LogP contribution in [0.4, 0.5) is 23.2 Å². The van der Waals surface area contributed by atoms with E-state index in [1.54, 1.807) is 0 Å². The van der Waals surface area contributed by atoms with Gasteiger partial charge in [0.15, 0.2) is 5.96 Å². The van der Waals surface area contributed by atoms with Crippen LogP contribution in [0, 0.1) is 5.82 Å². The Morgan fingerprint density at radius 3 is 2.22 bits per heavy atom. The van der Waals surface area contributed by atoms with E-state index in [0.29, 0.717) is 12.1 Å². The van der Waals surface area contributed by atoms with Gasteiger partial charge < -0.3 is 17.2 Å². The van der Waals surface area contributed by atoms with Gasteiger partial charge in [-0.15, -0.1) is 0 Å². The average molecular weight is 263 g/mol. The molecule has 18 heavy (non-hydrogen) atoms. The third kappa shape index (κ3) is 3.61. The summed E-state index contributed by atoms with van der Waals surface area (Å²) in [7, 11) is 0. The number of hydrogen-bond donors (Lipinski definition) is 3. The highest BCUT2D eigenvalue weighted by Gasteiger charge is 2.34. The number of benzene rings is 1. The lowest BCUT2D eigenvalue weighted by molar-refractivity contribution is -0.139. The number of nitrogens with two attached hydrogens (primary N) is 3. The van der Waals surface area contributed by atoms with Crippen LogP contribution in [-0.4, -0.2) is 11.9 Å². The van der Waals surface area contributed by atoms with Crippen molar-refractivity contribution < 1.29 is 17.6 Å². The van der Waals surface area contributed by atoms with Gasteiger partial charge in [0.1, 0.15) is 5.82 Å². The van der Waals surface area contributed by atoms with Crippen LogP contribution in [0.15, 0.2) is 28.2 Å². The zero-order chi connectivity index (χ0) is 13.9. The highest BCUT2D eigenvalue weighted by Crippen LogP contribution is 2.33. The molecule has 0 aliphatic rings. The lowest BCUT2D eigenvalue weighted by Gasteiger charge is -2.08. The maximum absolute atomic E-state index is 12.9. The van der Waals surface area contributed by atoms with Gasteiger partial charge in [-0.1, -0.05) is 0 Å². The Bertz CT molecular complexity index is 502. The first-order chi connectivity index (χ1) is 8.20. The molecule has 0 bridgehead atoms. The predicted molar refractivity (Wildman–Crippen MR) is 58.5 cm³/mol. The van der Waals surface area contributed by atoms with Gasteiger partial charge in [0.2, 0.25) is 5.96 Å². The maximum atomic E-state index is 12.9. The van der Waals surface area contributed by atoms with E-state index in [-0.39, 0.29) is 5.69 Å². The minimum Gasteiger partial charge on any atom is -0.370 e. The first-order valence-corrected chi connectivity index (χ1v) is 4.50. The summed E-state index contributed by atoms with van der Waals surface area (Å²) in [6, 6.07) is 2.15. The van der Waals surface area contributed by atoms with Crippen molar-refractivity contribution in [3.8, 4) is 0 Å². The number of halogens is 4. The van der Waals surface area contributed by atoms with Gasteiger partial charge in [-0.05, 0) is 18.2 Å². The van der Waals surface area contributed by atoms with Crippen LogP contribution in [0.3, 0.4) is 0 Å². The molecule has 1 aromatic carbocycles. The van der Waals surface area contributed by atoms with Crippen LogP contribution >= 0.6 is 0 Å². The van der Waals surface area contributed by atoms with Crippen LogP contribution in [0.2, 0.25) is 0 Å². The highest BCUT2D eigenvalue weighted by atomic mass is 19.4. The molecule has 0 fully saturated rings. The van der Waals surface area contributed by atoms with Crippen molar-refractivity contribution in [3.05, 3.63) is 29.6 Å². The Morgan fingerprint density at radius 2 is 1.72 bits per heavy atom. The predicted octanol–water partition coefficient (Wildman–Crippen LogP) is 1.06. The minimum absolute atomic E-state index is 0.216. The number of guanidine groups is 2. The first kappa shape index (κ1) is 13.7. The van der Waals surface area contributed by atoms with E-state index in [0.717, 1.165) is 6.07 Å². The fraction of sp³-hybridized carbons (Fsp3) is 0.111. The van der Waals surface area contributed by atoms with Crippen molar-refractivity contribution >= 4 is 17.6 Å². The topological polar surface area (TPSA) is 103 Å². The van der Waals surface area contributed by atoms with Crippen molar-refractivity contribution in [2.75, 3.05) is 0 Å². The first-order valence-electron chi connectivity index (χ1n) is 4.50. The molecule has 9 heteroatoms. The fourth-order valence-electron chi connectivity index (χ4n) is 1.09. The third-order valence-corrected chi connectivity index (χ3v) is 1.74. The number of aliphatic imine (C=N–C) groups is 2. The van der Waals surface area contributed by atoms with E-state index in [1.807, 2.05) is 0 Å². The Kier molecular flexibility index (Phi) is 3.74. The molecule has 0 unspecified atom stereocenters. The highest BCUT2D eigenvalue weighted by molar-refractivity contribution is 5.93. The smallest absolute Gasteiger partial charge is 0.370 e. The summed E-state index contributed by atoms with van der Waals surface area (Å²) in [6.45, 7) is 0. The number of rotatable bonds is 1. The normalized spacial score (nSPS) is 12.3. The zero-order valence-corrected chi connectivity index (χ0v) is 8.87. The molecule has 0 aliphatic carbocycles. The third-order valence-electron chi connectivity index (χ3n) is 1.74. The summed E-state index contributed by atoms with van der Waals surface area (Å²) in [5.41, 5.74) is 13.6. The molecular formula is C9H9F4N5. The molecule has 0 amide bonds. The standard InChI is InChI=1S/C9H9F4N5/c10-6-2-1-4(3-5(6)9(11,12)13)17-8(16)18-7(14)15/h1-3H,(H6,14,15,16,17,18). The Morgan fingerprint density at radius 1 is 1.11 bits per heavy atom. The van der Waals surface area contributed by atoms with Gasteiger partial charge in [-0.2, -0.15) is 18.2 Å². The molecule has 1 rings (SSSR count). The van der Waals surface area contributed by atoms with Crippen LogP contribution in [-0.2, 0) is 6.18 Å². The molecule has 1 aromatic rings. The number of alkyl halides is 3. The van der Waals surface area contributed by atoms with E-state index in [4.69, 9.17) is 17.2 Å². The summed E-state index contributed by atoms with van der Waals surface area (Å²) in [4.78, 5) is 6.81. The van der Waals surface area contributed by atoms with Gasteiger partial charge in [0.25, 0.3) is 0 Å². The van der Waals surface area contributed by atoms with Gasteiger partial charge in [-0.25, -0.2) is 9.38 Å². The van der Waals surface area contributed by atoms with Gasteiger partial charge >= 0.3 is 6.18 Å². The second kappa shape index (κ2) is 4.90. The quantitative estimate of drug-likeness (QED) is 0.401. The molecule has 0 atom stereocenters. The summed E-state index contributed by atoms with van der Waals surface area (Å²) in [5, 5.41) is 0. The van der Waals surface area contributed by atoms with Crippen LogP contribution in [0.5, 0.6) is 0 Å². The molecule has 98 valence electrons. The lowest BCUT2D eigenvalue weighted by Crippen LogP contribution is -2.26. The molecule has 0 saturated heterocycles. The van der Waals surface area contributed by atoms with Crippen molar-refractivity contribution in [1.82, 2.24) is 0 Å². The Balaban J connectivity index is 3.18. The molecule has 6 N–H and O–H groups in total. The van der Waals surface area contributed by atoms with E-state index < -0.39 is 29.5 Å². The molecular weight excluding hydrogens is 254 g/mol. The zero-order valence-electron chi connectivity index (χ0n) is 8.87. The van der Waals surface area contributed by atoms with Gasteiger partial charge in [-0.3, -0.25) is 0 Å². The van der Waals surface area contributed by atoms with E-state index >= 15 is 0 Å². The molecule has 0 heterocycles. The molecule has 0 aromatic heterocycles. The van der Waals surface area contributed by atoms with Crippen molar-refractivity contribution in [3.63, 3.8) is 0 Å². The Labute approximate surface area is 99.0 Å². The maximum Gasteiger partial charge on any atom is 0.419 e. The molecule has 5 nitrogen and oxygen atoms in total. The second-order valence-electron chi connectivity index (χ2n) is 3.17. The largest absolute Gasteiger partial charge is 0.419 e. The molecule has 0 radical (unpaired) electrons. The average Bonchev–Trinajstić information content (AvgIpc) is 2.17. The van der Waals surface area contributed by atoms with Gasteiger partial charge in [0.05, 0.1) is 11.3 Å². The molecule has 0 aliphatic heterocycles. The SMILES string of the molecule is NC(N)=NC(N)=Nc1ccc(F)c(C(F)(F)F)c1. The van der Waals surface area contributed by atoms with Crippen molar-refractivity contribution in [2.45, 2.75) is 6.18 Å². The minimum atomic E-state index is -4.82. The van der Waals surface area contributed by atoms with E-state index in [9.17, 15) is 17.6 Å². The van der Waals surface area contributed by atoms with Crippen molar-refractivity contribution in [1.29, 1.82) is 0 Å². The van der Waals surface area contributed by atoms with Crippen LogP contribution in [0.25, 0.3) is 0 Å². The number of nitrogens with zero attached hydrogens (tertiary/aromatic N) is 2. The van der Waals surface area contributed by atoms with E-state index in [2.05, 4.69) is 9.98 Å². The van der Waals surface area contributed by atoms with Crippen LogP contribution in [0.1, 0.15) is 5.56 Å². The lowest BCUT2D eigenvalue weighted by atomic mass is 10.2. The fourth-order valence-corrected chi connectivity index (χ4v) is 1.09. The summed E-state index contributed by atoms with van der Waals surface area (Å²) >= 11 is 0. The van der Waals surface area contributed by atoms with E-state index in [1.165, 1.54) is 0 Å². The Hall–Kier alpha value is -2.32.